The average molecular weight is 371 g/mol. The Balaban J connectivity index is 0. The Hall–Kier alpha value is -0.0400. The van der Waals surface area contributed by atoms with Crippen molar-refractivity contribution in [2.24, 2.45) is 10.9 Å². The van der Waals surface area contributed by atoms with Gasteiger partial charge >= 0.3 is 0 Å². The summed E-state index contributed by atoms with van der Waals surface area (Å²) in [7, 11) is 3.53. The summed E-state index contributed by atoms with van der Waals surface area (Å²) in [6.07, 6.45) is 4.80. The highest BCUT2D eigenvalue weighted by Gasteiger charge is 1.97. The zero-order valence-electron chi connectivity index (χ0n) is 12.3. The van der Waals surface area contributed by atoms with Crippen molar-refractivity contribution in [1.29, 1.82) is 0 Å². The number of aliphatic imine (C=N–C) groups is 1. The van der Waals surface area contributed by atoms with Crippen LogP contribution in [0.25, 0.3) is 0 Å². The Kier molecular flexibility index (Phi) is 16.9. The molecule has 0 fully saturated rings. The molecule has 0 aromatic rings. The molecule has 0 amide bonds. The van der Waals surface area contributed by atoms with E-state index in [0.717, 1.165) is 38.0 Å². The van der Waals surface area contributed by atoms with E-state index in [4.69, 9.17) is 4.74 Å². The van der Waals surface area contributed by atoms with E-state index in [2.05, 4.69) is 29.5 Å². The van der Waals surface area contributed by atoms with Gasteiger partial charge in [-0.25, -0.2) is 0 Å². The molecular formula is C13H30IN3O. The summed E-state index contributed by atoms with van der Waals surface area (Å²) in [5.74, 6) is 1.70. The van der Waals surface area contributed by atoms with Crippen LogP contribution in [0.15, 0.2) is 4.99 Å². The number of guanidine groups is 1. The van der Waals surface area contributed by atoms with Crippen molar-refractivity contribution < 1.29 is 4.74 Å². The van der Waals surface area contributed by atoms with Crippen LogP contribution in [0.2, 0.25) is 0 Å². The number of nitrogens with one attached hydrogen (secondary N) is 2. The van der Waals surface area contributed by atoms with E-state index in [1.54, 1.807) is 14.2 Å². The maximum Gasteiger partial charge on any atom is 0.190 e. The molecule has 0 aliphatic carbocycles. The highest BCUT2D eigenvalue weighted by molar-refractivity contribution is 14.0. The van der Waals surface area contributed by atoms with Crippen LogP contribution in [0.1, 0.15) is 39.5 Å². The third-order valence-corrected chi connectivity index (χ3v) is 2.54. The van der Waals surface area contributed by atoms with E-state index in [0.29, 0.717) is 0 Å². The van der Waals surface area contributed by atoms with Gasteiger partial charge in [0.15, 0.2) is 5.96 Å². The molecule has 18 heavy (non-hydrogen) atoms. The minimum absolute atomic E-state index is 0. The minimum Gasteiger partial charge on any atom is -0.385 e. The van der Waals surface area contributed by atoms with Crippen LogP contribution in [0.5, 0.6) is 0 Å². The summed E-state index contributed by atoms with van der Waals surface area (Å²) in [6, 6.07) is 0. The quantitative estimate of drug-likeness (QED) is 0.284. The SMILES string of the molecule is CN=C(NCCCCC(C)C)NCCCOC.I. The fraction of sp³-hybridized carbons (Fsp3) is 0.923. The van der Waals surface area contributed by atoms with E-state index in [1.807, 2.05) is 0 Å². The van der Waals surface area contributed by atoms with E-state index >= 15 is 0 Å². The highest BCUT2D eigenvalue weighted by Crippen LogP contribution is 2.04. The van der Waals surface area contributed by atoms with Gasteiger partial charge in [-0.1, -0.05) is 26.7 Å². The molecule has 0 aliphatic rings. The monoisotopic (exact) mass is 371 g/mol. The predicted octanol–water partition coefficient (Wildman–Crippen LogP) is 2.63. The molecule has 2 N–H and O–H groups in total. The summed E-state index contributed by atoms with van der Waals surface area (Å²) < 4.78 is 4.99. The second-order valence-electron chi connectivity index (χ2n) is 4.66. The third-order valence-electron chi connectivity index (χ3n) is 2.54. The van der Waals surface area contributed by atoms with Gasteiger partial charge in [-0.2, -0.15) is 0 Å². The molecule has 4 nitrogen and oxygen atoms in total. The number of unbranched alkanes of at least 4 members (excludes halogenated alkanes) is 1. The maximum atomic E-state index is 4.99. The molecule has 0 rings (SSSR count). The van der Waals surface area contributed by atoms with Gasteiger partial charge in [0.1, 0.15) is 0 Å². The van der Waals surface area contributed by atoms with Crippen molar-refractivity contribution >= 4 is 29.9 Å². The molecule has 0 bridgehead atoms. The third kappa shape index (κ3) is 14.0. The fourth-order valence-corrected chi connectivity index (χ4v) is 1.53. The molecule has 0 radical (unpaired) electrons. The number of methoxy groups -OCH3 is 1. The number of rotatable bonds is 9. The van der Waals surface area contributed by atoms with Crippen molar-refractivity contribution in [3.8, 4) is 0 Å². The van der Waals surface area contributed by atoms with Crippen LogP contribution in [0, 0.1) is 5.92 Å². The van der Waals surface area contributed by atoms with Crippen LogP contribution in [-0.2, 0) is 4.74 Å². The van der Waals surface area contributed by atoms with Gasteiger partial charge in [-0.3, -0.25) is 4.99 Å². The zero-order chi connectivity index (χ0) is 12.9. The molecule has 5 heteroatoms. The van der Waals surface area contributed by atoms with Crippen LogP contribution in [-0.4, -0.2) is 39.8 Å². The van der Waals surface area contributed by atoms with Gasteiger partial charge in [0.05, 0.1) is 0 Å². The summed E-state index contributed by atoms with van der Waals surface area (Å²) in [5, 5.41) is 6.58. The van der Waals surface area contributed by atoms with Gasteiger partial charge in [0, 0.05) is 33.9 Å². The topological polar surface area (TPSA) is 45.7 Å². The van der Waals surface area contributed by atoms with Crippen LogP contribution >= 0.6 is 24.0 Å². The lowest BCUT2D eigenvalue weighted by molar-refractivity contribution is 0.195. The van der Waals surface area contributed by atoms with Crippen molar-refractivity contribution in [1.82, 2.24) is 10.6 Å². The molecule has 0 spiro atoms. The first kappa shape index (κ1) is 20.3. The number of nitrogens with zero attached hydrogens (tertiary/aromatic N) is 1. The Labute approximate surface area is 129 Å². The summed E-state index contributed by atoms with van der Waals surface area (Å²) >= 11 is 0. The molecule has 0 saturated heterocycles. The smallest absolute Gasteiger partial charge is 0.190 e. The van der Waals surface area contributed by atoms with Gasteiger partial charge in [-0.05, 0) is 18.8 Å². The predicted molar refractivity (Wildman–Crippen MR) is 90.0 cm³/mol. The van der Waals surface area contributed by atoms with Crippen LogP contribution in [0.4, 0.5) is 0 Å². The Bertz CT molecular complexity index is 199. The second kappa shape index (κ2) is 15.0. The number of hydrogen-bond acceptors (Lipinski definition) is 2. The summed E-state index contributed by atoms with van der Waals surface area (Å²) in [6.45, 7) is 7.22. The van der Waals surface area contributed by atoms with E-state index in [1.165, 1.54) is 19.3 Å². The lowest BCUT2D eigenvalue weighted by Gasteiger charge is -2.11. The Morgan fingerprint density at radius 1 is 1.11 bits per heavy atom. The zero-order valence-corrected chi connectivity index (χ0v) is 14.6. The molecule has 0 atom stereocenters. The lowest BCUT2D eigenvalue weighted by atomic mass is 10.1. The largest absolute Gasteiger partial charge is 0.385 e. The van der Waals surface area contributed by atoms with Gasteiger partial charge in [-0.15, -0.1) is 24.0 Å². The molecule has 0 heterocycles. The summed E-state index contributed by atoms with van der Waals surface area (Å²) in [5.41, 5.74) is 0. The number of ether oxygens (including phenoxy) is 1. The number of halogens is 1. The second-order valence-corrected chi connectivity index (χ2v) is 4.66. The molecule has 0 unspecified atom stereocenters. The van der Waals surface area contributed by atoms with Crippen molar-refractivity contribution in [3.05, 3.63) is 0 Å². The Morgan fingerprint density at radius 3 is 2.22 bits per heavy atom. The Morgan fingerprint density at radius 2 is 1.72 bits per heavy atom. The average Bonchev–Trinajstić information content (AvgIpc) is 2.31. The van der Waals surface area contributed by atoms with Crippen molar-refractivity contribution in [2.45, 2.75) is 39.5 Å². The fourth-order valence-electron chi connectivity index (χ4n) is 1.53. The molecular weight excluding hydrogens is 341 g/mol. The highest BCUT2D eigenvalue weighted by atomic mass is 127. The lowest BCUT2D eigenvalue weighted by Crippen LogP contribution is -2.38. The molecule has 110 valence electrons. The van der Waals surface area contributed by atoms with E-state index < -0.39 is 0 Å². The maximum absolute atomic E-state index is 4.99. The van der Waals surface area contributed by atoms with E-state index in [-0.39, 0.29) is 24.0 Å². The molecule has 0 aromatic heterocycles. The first-order chi connectivity index (χ1) is 8.20. The first-order valence-corrected chi connectivity index (χ1v) is 6.64. The van der Waals surface area contributed by atoms with Crippen LogP contribution in [0.3, 0.4) is 0 Å². The van der Waals surface area contributed by atoms with Crippen molar-refractivity contribution in [2.75, 3.05) is 33.9 Å². The first-order valence-electron chi connectivity index (χ1n) is 6.64. The van der Waals surface area contributed by atoms with Gasteiger partial charge in [0.2, 0.25) is 0 Å². The van der Waals surface area contributed by atoms with Gasteiger partial charge < -0.3 is 15.4 Å². The van der Waals surface area contributed by atoms with Crippen molar-refractivity contribution in [3.63, 3.8) is 0 Å². The standard InChI is InChI=1S/C13H29N3O.HI/c1-12(2)8-5-6-9-15-13(14-3)16-10-7-11-17-4;/h12H,5-11H2,1-4H3,(H2,14,15,16);1H. The molecule has 0 saturated carbocycles. The van der Waals surface area contributed by atoms with Crippen LogP contribution < -0.4 is 10.6 Å². The van der Waals surface area contributed by atoms with Gasteiger partial charge in [0.25, 0.3) is 0 Å². The minimum atomic E-state index is 0. The molecule has 0 aromatic carbocycles. The summed E-state index contributed by atoms with van der Waals surface area (Å²) in [4.78, 5) is 4.17. The number of hydrogen-bond donors (Lipinski definition) is 2. The molecule has 0 aliphatic heterocycles. The van der Waals surface area contributed by atoms with E-state index in [9.17, 15) is 0 Å². The normalized spacial score (nSPS) is 11.3.